The number of amides is 1. The third-order valence-corrected chi connectivity index (χ3v) is 3.45. The van der Waals surface area contributed by atoms with Gasteiger partial charge < -0.3 is 10.8 Å². The highest BCUT2D eigenvalue weighted by Gasteiger charge is 2.36. The minimum atomic E-state index is -4.73. The first-order valence-corrected chi connectivity index (χ1v) is 7.23. The minimum Gasteiger partial charge on any atom is -0.480 e. The molecule has 0 aromatic heterocycles. The molecule has 0 saturated heterocycles. The number of carboxylic acid groups (broad SMARTS) is 1. The average Bonchev–Trinajstić information content (AvgIpc) is 2.58. The smallest absolute Gasteiger partial charge is 0.418 e. The number of benzene rings is 2. The number of rotatable bonds is 5. The number of halogens is 3. The van der Waals surface area contributed by atoms with E-state index in [-0.39, 0.29) is 12.1 Å². The minimum absolute atomic E-state index is 0.0566. The maximum Gasteiger partial charge on any atom is 0.418 e. The maximum atomic E-state index is 13.2. The molecule has 5 nitrogen and oxygen atoms in total. The van der Waals surface area contributed by atoms with Crippen molar-refractivity contribution in [1.29, 1.82) is 0 Å². The van der Waals surface area contributed by atoms with Gasteiger partial charge in [-0.2, -0.15) is 13.2 Å². The van der Waals surface area contributed by atoms with Gasteiger partial charge in [-0.15, -0.1) is 0 Å². The average molecular weight is 352 g/mol. The highest BCUT2D eigenvalue weighted by Crippen LogP contribution is 2.36. The van der Waals surface area contributed by atoms with E-state index >= 15 is 0 Å². The van der Waals surface area contributed by atoms with Crippen molar-refractivity contribution in [1.82, 2.24) is 0 Å². The predicted octanol–water partition coefficient (Wildman–Crippen LogP) is 2.90. The number of aliphatic carboxylic acids is 1. The van der Waals surface area contributed by atoms with Gasteiger partial charge in [0.1, 0.15) is 6.54 Å². The van der Waals surface area contributed by atoms with E-state index in [9.17, 15) is 22.8 Å². The van der Waals surface area contributed by atoms with Crippen molar-refractivity contribution in [2.45, 2.75) is 12.7 Å². The van der Waals surface area contributed by atoms with Gasteiger partial charge in [-0.25, -0.2) is 0 Å². The van der Waals surface area contributed by atoms with Crippen LogP contribution in [0.25, 0.3) is 0 Å². The van der Waals surface area contributed by atoms with E-state index in [1.54, 1.807) is 6.07 Å². The third-order valence-electron chi connectivity index (χ3n) is 3.45. The number of hydrogen-bond acceptors (Lipinski definition) is 3. The molecule has 132 valence electrons. The zero-order chi connectivity index (χ0) is 18.6. The van der Waals surface area contributed by atoms with Crippen molar-refractivity contribution in [3.05, 3.63) is 65.2 Å². The molecular formula is C17H15F3N2O3. The summed E-state index contributed by atoms with van der Waals surface area (Å²) < 4.78 is 39.7. The molecule has 8 heteroatoms. The maximum absolute atomic E-state index is 13.2. The monoisotopic (exact) mass is 352 g/mol. The standard InChI is InChI=1S/C17H15F3N2O3/c18-17(19,20)13-6-1-2-7-14(13)22(10-15(23)24)16(25)12-5-3-4-11(8-12)9-21/h1-8H,9-10,21H2,(H,23,24). The highest BCUT2D eigenvalue weighted by atomic mass is 19.4. The first-order valence-electron chi connectivity index (χ1n) is 7.23. The number of anilines is 1. The summed E-state index contributed by atoms with van der Waals surface area (Å²) in [4.78, 5) is 24.4. The van der Waals surface area contributed by atoms with Crippen molar-refractivity contribution in [3.8, 4) is 0 Å². The van der Waals surface area contributed by atoms with Crippen molar-refractivity contribution >= 4 is 17.6 Å². The van der Waals surface area contributed by atoms with E-state index in [0.29, 0.717) is 10.5 Å². The van der Waals surface area contributed by atoms with E-state index < -0.39 is 35.8 Å². The summed E-state index contributed by atoms with van der Waals surface area (Å²) >= 11 is 0. The number of para-hydroxylation sites is 1. The lowest BCUT2D eigenvalue weighted by molar-refractivity contribution is -0.138. The molecule has 2 aromatic carbocycles. The van der Waals surface area contributed by atoms with Crippen LogP contribution in [0.5, 0.6) is 0 Å². The van der Waals surface area contributed by atoms with Crippen LogP contribution in [0.15, 0.2) is 48.5 Å². The fraction of sp³-hybridized carbons (Fsp3) is 0.176. The Labute approximate surface area is 141 Å². The second-order valence-corrected chi connectivity index (χ2v) is 5.20. The molecular weight excluding hydrogens is 337 g/mol. The summed E-state index contributed by atoms with van der Waals surface area (Å²) in [5.74, 6) is -2.28. The molecule has 0 fully saturated rings. The van der Waals surface area contributed by atoms with Crippen molar-refractivity contribution in [2.75, 3.05) is 11.4 Å². The summed E-state index contributed by atoms with van der Waals surface area (Å²) in [7, 11) is 0. The van der Waals surface area contributed by atoms with Crippen molar-refractivity contribution < 1.29 is 27.9 Å². The molecule has 0 atom stereocenters. The van der Waals surface area contributed by atoms with Crippen molar-refractivity contribution in [2.24, 2.45) is 5.73 Å². The van der Waals surface area contributed by atoms with Crippen LogP contribution >= 0.6 is 0 Å². The van der Waals surface area contributed by atoms with E-state index in [1.165, 1.54) is 30.3 Å². The number of carbonyl (C=O) groups excluding carboxylic acids is 1. The van der Waals surface area contributed by atoms with Crippen molar-refractivity contribution in [3.63, 3.8) is 0 Å². The lowest BCUT2D eigenvalue weighted by Gasteiger charge is -2.24. The zero-order valence-corrected chi connectivity index (χ0v) is 13.0. The van der Waals surface area contributed by atoms with Crippen LogP contribution < -0.4 is 10.6 Å². The molecule has 0 radical (unpaired) electrons. The number of alkyl halides is 3. The molecule has 0 unspecified atom stereocenters. The van der Waals surface area contributed by atoms with Gasteiger partial charge in [-0.05, 0) is 29.8 Å². The first-order chi connectivity index (χ1) is 11.7. The van der Waals surface area contributed by atoms with Gasteiger partial charge in [0.05, 0.1) is 11.3 Å². The number of carboxylic acids is 1. The molecule has 2 aromatic rings. The lowest BCUT2D eigenvalue weighted by atomic mass is 10.1. The molecule has 0 aliphatic carbocycles. The van der Waals surface area contributed by atoms with Crippen LogP contribution in [0.4, 0.5) is 18.9 Å². The number of carbonyl (C=O) groups is 2. The lowest BCUT2D eigenvalue weighted by Crippen LogP contribution is -2.37. The third kappa shape index (κ3) is 4.36. The Balaban J connectivity index is 2.54. The molecule has 0 heterocycles. The molecule has 0 bridgehead atoms. The first kappa shape index (κ1) is 18.5. The molecule has 0 aliphatic rings. The Morgan fingerprint density at radius 1 is 1.08 bits per heavy atom. The highest BCUT2D eigenvalue weighted by molar-refractivity contribution is 6.08. The summed E-state index contributed by atoms with van der Waals surface area (Å²) in [6, 6.07) is 10.4. The van der Waals surface area contributed by atoms with Crippen LogP contribution in [-0.4, -0.2) is 23.5 Å². The van der Waals surface area contributed by atoms with Gasteiger partial charge in [0.25, 0.3) is 5.91 Å². The summed E-state index contributed by atoms with van der Waals surface area (Å²) in [6.45, 7) is -0.766. The molecule has 0 saturated carbocycles. The normalized spacial score (nSPS) is 11.2. The van der Waals surface area contributed by atoms with Gasteiger partial charge in [0, 0.05) is 12.1 Å². The van der Waals surface area contributed by atoms with Gasteiger partial charge in [-0.3, -0.25) is 14.5 Å². The molecule has 1 amide bonds. The summed E-state index contributed by atoms with van der Waals surface area (Å²) in [6.07, 6.45) is -4.73. The molecule has 3 N–H and O–H groups in total. The predicted molar refractivity (Wildman–Crippen MR) is 85.1 cm³/mol. The number of nitrogens with zero attached hydrogens (tertiary/aromatic N) is 1. The van der Waals surface area contributed by atoms with Crippen LogP contribution in [0.3, 0.4) is 0 Å². The van der Waals surface area contributed by atoms with Gasteiger partial charge in [0.2, 0.25) is 0 Å². The SMILES string of the molecule is NCc1cccc(C(=O)N(CC(=O)O)c2ccccc2C(F)(F)F)c1. The summed E-state index contributed by atoms with van der Waals surface area (Å²) in [5.41, 5.74) is 4.56. The van der Waals surface area contributed by atoms with E-state index in [2.05, 4.69) is 0 Å². The van der Waals surface area contributed by atoms with Crippen LogP contribution in [-0.2, 0) is 17.5 Å². The molecule has 2 rings (SSSR count). The Morgan fingerprint density at radius 2 is 1.76 bits per heavy atom. The van der Waals surface area contributed by atoms with E-state index in [0.717, 1.165) is 12.1 Å². The summed E-state index contributed by atoms with van der Waals surface area (Å²) in [5, 5.41) is 9.04. The van der Waals surface area contributed by atoms with E-state index in [4.69, 9.17) is 10.8 Å². The zero-order valence-electron chi connectivity index (χ0n) is 13.0. The molecule has 25 heavy (non-hydrogen) atoms. The Hall–Kier alpha value is -2.87. The number of hydrogen-bond donors (Lipinski definition) is 2. The van der Waals surface area contributed by atoms with E-state index in [1.807, 2.05) is 0 Å². The molecule has 0 aliphatic heterocycles. The van der Waals surface area contributed by atoms with Gasteiger partial charge in [-0.1, -0.05) is 24.3 Å². The number of nitrogens with two attached hydrogens (primary N) is 1. The topological polar surface area (TPSA) is 83.6 Å². The fourth-order valence-corrected chi connectivity index (χ4v) is 2.34. The Bertz CT molecular complexity index is 791. The second-order valence-electron chi connectivity index (χ2n) is 5.20. The van der Waals surface area contributed by atoms with Gasteiger partial charge >= 0.3 is 12.1 Å². The fourth-order valence-electron chi connectivity index (χ4n) is 2.34. The van der Waals surface area contributed by atoms with Crippen LogP contribution in [0, 0.1) is 0 Å². The Kier molecular flexibility index (Phi) is 5.43. The largest absolute Gasteiger partial charge is 0.480 e. The Morgan fingerprint density at radius 3 is 2.36 bits per heavy atom. The quantitative estimate of drug-likeness (QED) is 0.867. The van der Waals surface area contributed by atoms with Crippen LogP contribution in [0.2, 0.25) is 0 Å². The van der Waals surface area contributed by atoms with Gasteiger partial charge in [0.15, 0.2) is 0 Å². The molecule has 0 spiro atoms. The second kappa shape index (κ2) is 7.35. The van der Waals surface area contributed by atoms with Crippen LogP contribution in [0.1, 0.15) is 21.5 Å².